The number of halogens is 4. The van der Waals surface area contributed by atoms with E-state index in [1.165, 1.54) is 41.8 Å². The fourth-order valence-electron chi connectivity index (χ4n) is 5.06. The van der Waals surface area contributed by atoms with Gasteiger partial charge in [-0.15, -0.1) is 0 Å². The summed E-state index contributed by atoms with van der Waals surface area (Å²) in [5.41, 5.74) is -1.80. The third-order valence-corrected chi connectivity index (χ3v) is 7.27. The Labute approximate surface area is 220 Å². The Morgan fingerprint density at radius 1 is 1.26 bits per heavy atom. The SMILES string of the molecule is C[C@@H](O)C(=O)N1CC(Nc2ncc3c(c2F)[C@@](C)(c2cccc(Cl)c2F)CN(c2nn(C)cc2F)C3=O)C1. The van der Waals surface area contributed by atoms with Crippen LogP contribution in [0.3, 0.4) is 0 Å². The molecule has 2 aliphatic rings. The maximum atomic E-state index is 16.2. The molecule has 2 atom stereocenters. The van der Waals surface area contributed by atoms with E-state index in [1.807, 2.05) is 0 Å². The highest BCUT2D eigenvalue weighted by atomic mass is 35.5. The van der Waals surface area contributed by atoms with E-state index in [4.69, 9.17) is 11.6 Å². The molecular weight excluding hydrogens is 525 g/mol. The Kier molecular flexibility index (Phi) is 6.35. The molecule has 5 rings (SSSR count). The zero-order chi connectivity index (χ0) is 27.5. The zero-order valence-electron chi connectivity index (χ0n) is 20.7. The molecule has 2 aromatic heterocycles. The van der Waals surface area contributed by atoms with Crippen molar-refractivity contribution in [3.63, 3.8) is 0 Å². The van der Waals surface area contributed by atoms with Crippen LogP contribution in [-0.2, 0) is 17.3 Å². The number of anilines is 2. The maximum Gasteiger partial charge on any atom is 0.261 e. The van der Waals surface area contributed by atoms with E-state index in [1.54, 1.807) is 6.92 Å². The standard InChI is InChI=1S/C25H24ClF3N6O3/c1-12(36)23(37)34-8-13(9-34)31-21-20(29)18-14(7-30-21)24(38)35(22-17(27)10-33(3)32-22)11-25(18,2)15-5-4-6-16(26)19(15)28/h4-7,10,12-13,36H,8-9,11H2,1-3H3,(H,30,31)/t12-,25-/m1/s1. The molecule has 1 fully saturated rings. The first-order valence-electron chi connectivity index (χ1n) is 11.8. The number of carbonyl (C=O) groups is 2. The molecule has 0 spiro atoms. The van der Waals surface area contributed by atoms with Crippen LogP contribution in [0.15, 0.2) is 30.6 Å². The van der Waals surface area contributed by atoms with Crippen LogP contribution in [-0.4, -0.2) is 68.4 Å². The summed E-state index contributed by atoms with van der Waals surface area (Å²) < 4.78 is 47.5. The van der Waals surface area contributed by atoms with Gasteiger partial charge in [0.15, 0.2) is 23.3 Å². The molecule has 0 radical (unpaired) electrons. The van der Waals surface area contributed by atoms with Gasteiger partial charge in [-0.05, 0) is 19.9 Å². The summed E-state index contributed by atoms with van der Waals surface area (Å²) in [6.07, 6.45) is 1.10. The van der Waals surface area contributed by atoms with Crippen molar-refractivity contribution in [2.45, 2.75) is 31.4 Å². The molecule has 2 amide bonds. The number of fused-ring (bicyclic) bond motifs is 1. The molecule has 0 unspecified atom stereocenters. The number of benzene rings is 1. The lowest BCUT2D eigenvalue weighted by Gasteiger charge is -2.42. The molecule has 13 heteroatoms. The second-order valence-corrected chi connectivity index (χ2v) is 10.2. The van der Waals surface area contributed by atoms with Crippen molar-refractivity contribution >= 4 is 35.1 Å². The van der Waals surface area contributed by atoms with Crippen LogP contribution in [0.1, 0.15) is 35.3 Å². The van der Waals surface area contributed by atoms with Gasteiger partial charge in [0, 0.05) is 49.4 Å². The Morgan fingerprint density at radius 3 is 2.61 bits per heavy atom. The number of aryl methyl sites for hydroxylation is 1. The number of rotatable bonds is 5. The minimum absolute atomic E-state index is 0.00786. The summed E-state index contributed by atoms with van der Waals surface area (Å²) >= 11 is 6.06. The number of pyridine rings is 1. The Morgan fingerprint density at radius 2 is 1.97 bits per heavy atom. The van der Waals surface area contributed by atoms with Crippen molar-refractivity contribution in [3.8, 4) is 0 Å². The number of nitrogens with zero attached hydrogens (tertiary/aromatic N) is 5. The first-order valence-corrected chi connectivity index (χ1v) is 12.2. The van der Waals surface area contributed by atoms with Crippen molar-refractivity contribution in [3.05, 3.63) is 69.8 Å². The molecule has 4 heterocycles. The Balaban J connectivity index is 1.59. The third-order valence-electron chi connectivity index (χ3n) is 6.98. The number of carbonyl (C=O) groups excluding carboxylic acids is 2. The van der Waals surface area contributed by atoms with Gasteiger partial charge in [0.2, 0.25) is 0 Å². The number of aliphatic hydroxyl groups excluding tert-OH is 1. The number of amides is 2. The predicted octanol–water partition coefficient (Wildman–Crippen LogP) is 2.86. The molecule has 0 saturated carbocycles. The summed E-state index contributed by atoms with van der Waals surface area (Å²) in [6.45, 7) is 3.01. The number of aliphatic hydroxyl groups is 1. The number of likely N-dealkylation sites (tertiary alicyclic amines) is 1. The molecule has 200 valence electrons. The number of aromatic nitrogens is 3. The van der Waals surface area contributed by atoms with Crippen LogP contribution in [0.5, 0.6) is 0 Å². The van der Waals surface area contributed by atoms with Crippen LogP contribution in [0, 0.1) is 17.5 Å². The summed E-state index contributed by atoms with van der Waals surface area (Å²) in [5.74, 6) is -4.10. The third kappa shape index (κ3) is 4.08. The minimum atomic E-state index is -1.51. The molecule has 0 bridgehead atoms. The molecule has 9 nitrogen and oxygen atoms in total. The van der Waals surface area contributed by atoms with Crippen LogP contribution in [0.2, 0.25) is 5.02 Å². The van der Waals surface area contributed by atoms with Crippen molar-refractivity contribution in [2.75, 3.05) is 29.9 Å². The largest absolute Gasteiger partial charge is 0.384 e. The first kappa shape index (κ1) is 26.0. The minimum Gasteiger partial charge on any atom is -0.384 e. The molecule has 2 aliphatic heterocycles. The normalized spacial score (nSPS) is 20.3. The highest BCUT2D eigenvalue weighted by Crippen LogP contribution is 2.45. The average molecular weight is 549 g/mol. The average Bonchev–Trinajstić information content (AvgIpc) is 3.17. The highest BCUT2D eigenvalue weighted by molar-refractivity contribution is 6.30. The Bertz CT molecular complexity index is 1460. The quantitative estimate of drug-likeness (QED) is 0.508. The van der Waals surface area contributed by atoms with Crippen molar-refractivity contribution in [1.82, 2.24) is 19.7 Å². The smallest absolute Gasteiger partial charge is 0.261 e. The summed E-state index contributed by atoms with van der Waals surface area (Å²) in [4.78, 5) is 32.0. The lowest BCUT2D eigenvalue weighted by molar-refractivity contribution is -0.143. The Hall–Kier alpha value is -3.64. The van der Waals surface area contributed by atoms with Crippen LogP contribution < -0.4 is 10.2 Å². The van der Waals surface area contributed by atoms with E-state index in [0.717, 1.165) is 17.3 Å². The molecule has 3 aromatic rings. The second kappa shape index (κ2) is 9.28. The van der Waals surface area contributed by atoms with Crippen molar-refractivity contribution in [2.24, 2.45) is 7.05 Å². The molecular formula is C25H24ClF3N6O3. The predicted molar refractivity (Wildman–Crippen MR) is 133 cm³/mol. The number of nitrogens with one attached hydrogen (secondary N) is 1. The van der Waals surface area contributed by atoms with Gasteiger partial charge in [-0.25, -0.2) is 18.2 Å². The maximum absolute atomic E-state index is 16.2. The number of hydrogen-bond donors (Lipinski definition) is 2. The van der Waals surface area contributed by atoms with Crippen molar-refractivity contribution in [1.29, 1.82) is 0 Å². The molecule has 1 aromatic carbocycles. The van der Waals surface area contributed by atoms with Gasteiger partial charge in [-0.2, -0.15) is 5.10 Å². The monoisotopic (exact) mass is 548 g/mol. The van der Waals surface area contributed by atoms with Crippen LogP contribution in [0.25, 0.3) is 0 Å². The first-order chi connectivity index (χ1) is 17.9. The summed E-state index contributed by atoms with van der Waals surface area (Å²) in [6, 6.07) is 3.94. The van der Waals surface area contributed by atoms with Gasteiger partial charge in [0.05, 0.1) is 22.8 Å². The molecule has 0 aliphatic carbocycles. The zero-order valence-corrected chi connectivity index (χ0v) is 21.4. The lowest BCUT2D eigenvalue weighted by Crippen LogP contribution is -2.59. The van der Waals surface area contributed by atoms with E-state index >= 15 is 8.78 Å². The van der Waals surface area contributed by atoms with Gasteiger partial charge < -0.3 is 15.3 Å². The molecule has 38 heavy (non-hydrogen) atoms. The molecule has 1 saturated heterocycles. The van der Waals surface area contributed by atoms with Gasteiger partial charge >= 0.3 is 0 Å². The fraction of sp³-hybridized carbons (Fsp3) is 0.360. The van der Waals surface area contributed by atoms with Crippen molar-refractivity contribution < 1.29 is 27.9 Å². The summed E-state index contributed by atoms with van der Waals surface area (Å²) in [5, 5.41) is 16.2. The van der Waals surface area contributed by atoms with Gasteiger partial charge in [-0.3, -0.25) is 19.2 Å². The van der Waals surface area contributed by atoms with E-state index in [9.17, 15) is 19.1 Å². The van der Waals surface area contributed by atoms with E-state index < -0.39 is 40.8 Å². The molecule has 2 N–H and O–H groups in total. The highest BCUT2D eigenvalue weighted by Gasteiger charge is 2.47. The number of hydrogen-bond acceptors (Lipinski definition) is 6. The van der Waals surface area contributed by atoms with Crippen LogP contribution in [0.4, 0.5) is 24.8 Å². The van der Waals surface area contributed by atoms with Gasteiger partial charge in [0.1, 0.15) is 11.9 Å². The lowest BCUT2D eigenvalue weighted by atomic mass is 9.71. The summed E-state index contributed by atoms with van der Waals surface area (Å²) in [7, 11) is 1.49. The second-order valence-electron chi connectivity index (χ2n) is 9.77. The fourth-order valence-corrected chi connectivity index (χ4v) is 5.24. The van der Waals surface area contributed by atoms with Gasteiger partial charge in [-0.1, -0.05) is 23.7 Å². The van der Waals surface area contributed by atoms with E-state index in [0.29, 0.717) is 0 Å². The topological polar surface area (TPSA) is 104 Å². The van der Waals surface area contributed by atoms with Crippen LogP contribution >= 0.6 is 11.6 Å². The van der Waals surface area contributed by atoms with E-state index in [-0.39, 0.29) is 59.0 Å². The van der Waals surface area contributed by atoms with E-state index in [2.05, 4.69) is 15.4 Å². The van der Waals surface area contributed by atoms with Gasteiger partial charge in [0.25, 0.3) is 11.8 Å².